The minimum Gasteiger partial charge on any atom is -0.390 e. The number of nitrogens with zero attached hydrogens (tertiary/aromatic N) is 1. The first-order valence-electron chi connectivity index (χ1n) is 13.1. The van der Waals surface area contributed by atoms with Crippen molar-refractivity contribution in [1.82, 2.24) is 15.5 Å². The molecular formula is C28H45N3O3. The number of carbonyl (C=O) groups excluding carboxylic acids is 2. The largest absolute Gasteiger partial charge is 0.390 e. The van der Waals surface area contributed by atoms with Gasteiger partial charge in [0.2, 0.25) is 11.8 Å². The van der Waals surface area contributed by atoms with Crippen LogP contribution < -0.4 is 10.6 Å². The monoisotopic (exact) mass is 471 g/mol. The van der Waals surface area contributed by atoms with Crippen molar-refractivity contribution in [2.24, 2.45) is 17.8 Å². The second-order valence-corrected chi connectivity index (χ2v) is 11.8. The summed E-state index contributed by atoms with van der Waals surface area (Å²) < 4.78 is 0. The van der Waals surface area contributed by atoms with E-state index in [1.807, 2.05) is 65.0 Å². The van der Waals surface area contributed by atoms with E-state index in [0.29, 0.717) is 24.8 Å². The fourth-order valence-electron chi connectivity index (χ4n) is 5.50. The zero-order valence-electron chi connectivity index (χ0n) is 21.7. The Morgan fingerprint density at radius 1 is 1.09 bits per heavy atom. The lowest BCUT2D eigenvalue weighted by atomic mass is 9.72. The predicted molar refractivity (Wildman–Crippen MR) is 136 cm³/mol. The standard InChI is InChI=1S/C28H45N3O3/c1-19(2)26(33)29-23(15-20-11-7-6-8-12-20)25(32)18-31-17-22-14-10-9-13-21(22)16-24(31)27(34)30-28(3,4)5/h6-8,11-12,19,21-25,32H,9-10,13-18H2,1-5H3,(H,29,33)(H,30,34). The molecule has 1 aromatic rings. The fraction of sp³-hybridized carbons (Fsp3) is 0.714. The van der Waals surface area contributed by atoms with Crippen LogP contribution >= 0.6 is 0 Å². The van der Waals surface area contributed by atoms with Gasteiger partial charge in [0.1, 0.15) is 0 Å². The molecule has 6 heteroatoms. The van der Waals surface area contributed by atoms with Crippen molar-refractivity contribution in [1.29, 1.82) is 0 Å². The van der Waals surface area contributed by atoms with Gasteiger partial charge in [-0.05, 0) is 57.4 Å². The number of amides is 2. The highest BCUT2D eigenvalue weighted by atomic mass is 16.3. The smallest absolute Gasteiger partial charge is 0.237 e. The molecule has 0 radical (unpaired) electrons. The van der Waals surface area contributed by atoms with Crippen LogP contribution in [-0.4, -0.2) is 58.6 Å². The highest BCUT2D eigenvalue weighted by Crippen LogP contribution is 2.38. The normalized spacial score (nSPS) is 25.3. The van der Waals surface area contributed by atoms with Crippen molar-refractivity contribution >= 4 is 11.8 Å². The van der Waals surface area contributed by atoms with Crippen molar-refractivity contribution in [2.45, 2.75) is 96.9 Å². The van der Waals surface area contributed by atoms with Gasteiger partial charge in [0.05, 0.1) is 18.2 Å². The summed E-state index contributed by atoms with van der Waals surface area (Å²) in [5.41, 5.74) is 0.773. The summed E-state index contributed by atoms with van der Waals surface area (Å²) in [6.45, 7) is 11.0. The Balaban J connectivity index is 1.78. The van der Waals surface area contributed by atoms with E-state index in [-0.39, 0.29) is 29.3 Å². The Labute approximate surface area is 205 Å². The van der Waals surface area contributed by atoms with Crippen LogP contribution in [0, 0.1) is 17.8 Å². The topological polar surface area (TPSA) is 81.7 Å². The Morgan fingerprint density at radius 2 is 1.74 bits per heavy atom. The summed E-state index contributed by atoms with van der Waals surface area (Å²) in [5, 5.41) is 17.6. The average molecular weight is 472 g/mol. The number of fused-ring (bicyclic) bond motifs is 1. The molecule has 2 aliphatic rings. The van der Waals surface area contributed by atoms with Gasteiger partial charge in [-0.1, -0.05) is 63.4 Å². The third-order valence-corrected chi connectivity index (χ3v) is 7.34. The lowest BCUT2D eigenvalue weighted by molar-refractivity contribution is -0.133. The second kappa shape index (κ2) is 11.7. The molecule has 1 saturated heterocycles. The quantitative estimate of drug-likeness (QED) is 0.542. The van der Waals surface area contributed by atoms with Crippen LogP contribution in [0.4, 0.5) is 0 Å². The summed E-state index contributed by atoms with van der Waals surface area (Å²) in [7, 11) is 0. The Kier molecular flexibility index (Phi) is 9.16. The Hall–Kier alpha value is -1.92. The fourth-order valence-corrected chi connectivity index (χ4v) is 5.50. The van der Waals surface area contributed by atoms with E-state index in [9.17, 15) is 14.7 Å². The lowest BCUT2D eigenvalue weighted by Crippen LogP contribution is -2.60. The van der Waals surface area contributed by atoms with Gasteiger partial charge in [0.25, 0.3) is 0 Å². The summed E-state index contributed by atoms with van der Waals surface area (Å²) in [5.74, 6) is 0.993. The van der Waals surface area contributed by atoms with Gasteiger partial charge in [0, 0.05) is 24.5 Å². The van der Waals surface area contributed by atoms with Crippen LogP contribution in [0.25, 0.3) is 0 Å². The number of aliphatic hydroxyl groups excluding tert-OH is 1. The van der Waals surface area contributed by atoms with Gasteiger partial charge < -0.3 is 15.7 Å². The van der Waals surface area contributed by atoms with E-state index >= 15 is 0 Å². The molecule has 1 aliphatic carbocycles. The highest BCUT2D eigenvalue weighted by molar-refractivity contribution is 5.82. The molecule has 1 heterocycles. The second-order valence-electron chi connectivity index (χ2n) is 11.8. The van der Waals surface area contributed by atoms with Crippen molar-refractivity contribution in [3.8, 4) is 0 Å². The van der Waals surface area contributed by atoms with E-state index < -0.39 is 12.1 Å². The van der Waals surface area contributed by atoms with E-state index in [2.05, 4.69) is 15.5 Å². The van der Waals surface area contributed by atoms with Crippen LogP contribution in [0.2, 0.25) is 0 Å². The number of carbonyl (C=O) groups is 2. The van der Waals surface area contributed by atoms with Gasteiger partial charge in [-0.3, -0.25) is 14.5 Å². The zero-order valence-corrected chi connectivity index (χ0v) is 21.7. The van der Waals surface area contributed by atoms with Crippen molar-refractivity contribution in [2.75, 3.05) is 13.1 Å². The number of β-amino-alcohol motifs (C(OH)–C–C–N with tert-alkyl or cyclic N) is 1. The Bertz CT molecular complexity index is 805. The molecule has 2 amide bonds. The predicted octanol–water partition coefficient (Wildman–Crippen LogP) is 3.53. The molecule has 0 aromatic heterocycles. The average Bonchev–Trinajstić information content (AvgIpc) is 2.77. The number of hydrogen-bond acceptors (Lipinski definition) is 4. The van der Waals surface area contributed by atoms with Crippen LogP contribution in [-0.2, 0) is 16.0 Å². The molecule has 190 valence electrons. The van der Waals surface area contributed by atoms with E-state index in [1.54, 1.807) is 0 Å². The van der Waals surface area contributed by atoms with Gasteiger partial charge in [-0.15, -0.1) is 0 Å². The molecule has 0 bridgehead atoms. The van der Waals surface area contributed by atoms with Crippen LogP contribution in [0.15, 0.2) is 30.3 Å². The van der Waals surface area contributed by atoms with Crippen LogP contribution in [0.1, 0.15) is 72.3 Å². The number of hydrogen-bond donors (Lipinski definition) is 3. The van der Waals surface area contributed by atoms with Gasteiger partial charge in [0.15, 0.2) is 0 Å². The molecule has 2 fully saturated rings. The molecule has 5 unspecified atom stereocenters. The van der Waals surface area contributed by atoms with Crippen molar-refractivity contribution < 1.29 is 14.7 Å². The molecule has 34 heavy (non-hydrogen) atoms. The lowest BCUT2D eigenvalue weighted by Gasteiger charge is -2.47. The number of benzene rings is 1. The zero-order chi connectivity index (χ0) is 24.9. The molecule has 1 aromatic carbocycles. The molecule has 6 nitrogen and oxygen atoms in total. The number of aliphatic hydroxyl groups is 1. The maximum atomic E-state index is 13.3. The maximum Gasteiger partial charge on any atom is 0.237 e. The van der Waals surface area contributed by atoms with E-state index in [4.69, 9.17) is 0 Å². The SMILES string of the molecule is CC(C)C(=O)NC(Cc1ccccc1)C(O)CN1CC2CCCCC2CC1C(=O)NC(C)(C)C. The number of rotatable bonds is 8. The summed E-state index contributed by atoms with van der Waals surface area (Å²) in [6, 6.07) is 9.31. The maximum absolute atomic E-state index is 13.3. The van der Waals surface area contributed by atoms with Gasteiger partial charge >= 0.3 is 0 Å². The molecule has 3 rings (SSSR count). The van der Waals surface area contributed by atoms with Crippen molar-refractivity contribution in [3.63, 3.8) is 0 Å². The summed E-state index contributed by atoms with van der Waals surface area (Å²) in [6.07, 6.45) is 5.52. The third-order valence-electron chi connectivity index (χ3n) is 7.34. The highest BCUT2D eigenvalue weighted by Gasteiger charge is 2.41. The number of likely N-dealkylation sites (tertiary alicyclic amines) is 1. The summed E-state index contributed by atoms with van der Waals surface area (Å²) in [4.78, 5) is 28.1. The number of piperidine rings is 1. The van der Waals surface area contributed by atoms with Crippen LogP contribution in [0.5, 0.6) is 0 Å². The van der Waals surface area contributed by atoms with Crippen LogP contribution in [0.3, 0.4) is 0 Å². The first kappa shape index (κ1) is 26.7. The first-order valence-corrected chi connectivity index (χ1v) is 13.1. The molecule has 1 aliphatic heterocycles. The first-order chi connectivity index (χ1) is 16.0. The van der Waals surface area contributed by atoms with Crippen molar-refractivity contribution in [3.05, 3.63) is 35.9 Å². The third kappa shape index (κ3) is 7.54. The molecule has 3 N–H and O–H groups in total. The minimum atomic E-state index is -0.770. The van der Waals surface area contributed by atoms with Gasteiger partial charge in [-0.25, -0.2) is 0 Å². The van der Waals surface area contributed by atoms with E-state index in [1.165, 1.54) is 25.7 Å². The molecular weight excluding hydrogens is 426 g/mol. The summed E-state index contributed by atoms with van der Waals surface area (Å²) >= 11 is 0. The van der Waals surface area contributed by atoms with Gasteiger partial charge in [-0.2, -0.15) is 0 Å². The number of nitrogens with one attached hydrogen (secondary N) is 2. The molecule has 0 spiro atoms. The molecule has 5 atom stereocenters. The minimum absolute atomic E-state index is 0.0505. The molecule has 1 saturated carbocycles. The van der Waals surface area contributed by atoms with E-state index in [0.717, 1.165) is 18.5 Å². The Morgan fingerprint density at radius 3 is 2.35 bits per heavy atom.